The molecule has 4 heavy (non-hydrogen) atoms. The van der Waals surface area contributed by atoms with Crippen molar-refractivity contribution in [3.05, 3.63) is 6.15 Å². The summed E-state index contributed by atoms with van der Waals surface area (Å²) in [7, 11) is 0. The summed E-state index contributed by atoms with van der Waals surface area (Å²) in [4.78, 5) is 0. The third-order valence-electron chi connectivity index (χ3n) is 0. The zero-order valence-electron chi connectivity index (χ0n) is 1.89. The summed E-state index contributed by atoms with van der Waals surface area (Å²) in [5.41, 5.74) is 0. The fraction of sp³-hybridized carbons (Fsp3) is 0. The molecule has 0 fully saturated rings. The van der Waals surface area contributed by atoms with Crippen LogP contribution in [0.1, 0.15) is 0 Å². The van der Waals surface area contributed by atoms with E-state index in [1.807, 2.05) is 0 Å². The molecule has 0 saturated carbocycles. The van der Waals surface area contributed by atoms with Crippen LogP contribution < -0.4 is 0 Å². The Labute approximate surface area is 43.7 Å². The van der Waals surface area contributed by atoms with Crippen LogP contribution in [0.3, 0.4) is 0 Å². The first-order valence-corrected chi connectivity index (χ1v) is 0. The summed E-state index contributed by atoms with van der Waals surface area (Å²) < 4.78 is 0. The van der Waals surface area contributed by atoms with Crippen LogP contribution in [0, 0.1) is 0 Å². The van der Waals surface area contributed by atoms with Gasteiger partial charge < -0.3 is 17.1 Å². The summed E-state index contributed by atoms with van der Waals surface area (Å²) in [6.07, 6.45) is 0. The van der Waals surface area contributed by atoms with Gasteiger partial charge in [-0.15, -0.1) is 0 Å². The Balaban J connectivity index is 0. The molecule has 4 heteroatoms. The number of rotatable bonds is 0. The maximum Gasteiger partial charge on any atom is 4.00 e. The topological polar surface area (TPSA) is 90.5 Å². The van der Waals surface area contributed by atoms with Gasteiger partial charge in [-0.3, -0.25) is 0 Å². The van der Waals surface area contributed by atoms with Crippen molar-refractivity contribution in [1.82, 2.24) is 0 Å². The molecule has 0 aliphatic rings. The van der Waals surface area contributed by atoms with Gasteiger partial charge in [0.05, 0.1) is 0 Å². The van der Waals surface area contributed by atoms with Crippen LogP contribution in [0.2, 0.25) is 0 Å². The van der Waals surface area contributed by atoms with E-state index in [1.54, 1.807) is 0 Å². The van der Waals surface area contributed by atoms with E-state index in [4.69, 9.17) is 0 Å². The average Bonchev–Trinajstić information content (AvgIpc) is 0. The van der Waals surface area contributed by atoms with E-state index in [-0.39, 0.29) is 43.3 Å². The standard InChI is InChI=1S/H2N.2O.Zr/h1H2;;;/q-1;2*-2;+4. The van der Waals surface area contributed by atoms with Crippen molar-refractivity contribution in [3.8, 4) is 0 Å². The van der Waals surface area contributed by atoms with Crippen molar-refractivity contribution in [2.75, 3.05) is 0 Å². The molecule has 0 unspecified atom stereocenters. The molecule has 0 aliphatic heterocycles. The Hall–Kier alpha value is 0.763. The minimum atomic E-state index is 0. The minimum absolute atomic E-state index is 0. The minimum Gasteiger partial charge on any atom is -2.00 e. The number of hydrogen-bond donors (Lipinski definition) is 0. The van der Waals surface area contributed by atoms with Gasteiger partial charge >= 0.3 is 26.2 Å². The summed E-state index contributed by atoms with van der Waals surface area (Å²) in [5, 5.41) is 0. The zero-order valence-corrected chi connectivity index (χ0v) is 4.35. The van der Waals surface area contributed by atoms with Gasteiger partial charge in [0.1, 0.15) is 0 Å². The Morgan fingerprint density at radius 2 is 0.750 bits per heavy atom. The van der Waals surface area contributed by atoms with Crippen molar-refractivity contribution in [2.45, 2.75) is 0 Å². The van der Waals surface area contributed by atoms with Crippen LogP contribution in [0.4, 0.5) is 0 Å². The predicted molar refractivity (Wildman–Crippen MR) is 6.66 cm³/mol. The van der Waals surface area contributed by atoms with Crippen LogP contribution in [0.25, 0.3) is 6.15 Å². The second-order valence-corrected chi connectivity index (χ2v) is 0. The van der Waals surface area contributed by atoms with Crippen LogP contribution in [0.5, 0.6) is 0 Å². The van der Waals surface area contributed by atoms with Crippen molar-refractivity contribution < 1.29 is 37.2 Å². The fourth-order valence-electron chi connectivity index (χ4n) is 0. The van der Waals surface area contributed by atoms with Gasteiger partial charge in [0.15, 0.2) is 0 Å². The molecule has 3 nitrogen and oxygen atoms in total. The van der Waals surface area contributed by atoms with Gasteiger partial charge in [0.25, 0.3) is 0 Å². The molecule has 0 atom stereocenters. The second kappa shape index (κ2) is 49.3. The quantitative estimate of drug-likeness (QED) is 0.467. The van der Waals surface area contributed by atoms with Gasteiger partial charge in [-0.25, -0.2) is 0 Å². The zero-order chi connectivity index (χ0) is 0. The van der Waals surface area contributed by atoms with E-state index in [0.717, 1.165) is 0 Å². The number of nitrogens with two attached hydrogens (primary N) is 1. The normalized spacial score (nSPS) is 0. The van der Waals surface area contributed by atoms with E-state index < -0.39 is 0 Å². The SMILES string of the molecule is [NH2-].[O-2].[O-2].[Zr+4]. The molecular formula is H2NO2Zr-. The van der Waals surface area contributed by atoms with Gasteiger partial charge in [-0.2, -0.15) is 0 Å². The van der Waals surface area contributed by atoms with Crippen LogP contribution >= 0.6 is 0 Å². The van der Waals surface area contributed by atoms with Gasteiger partial charge in [0.2, 0.25) is 0 Å². The molecule has 0 aromatic rings. The summed E-state index contributed by atoms with van der Waals surface area (Å²) in [5.74, 6) is 0. The molecule has 0 aromatic carbocycles. The first kappa shape index (κ1) is 116. The largest absolute Gasteiger partial charge is 4.00 e. The molecular weight excluding hydrogens is 137 g/mol. The Bertz CT molecular complexity index is 6.00. The summed E-state index contributed by atoms with van der Waals surface area (Å²) in [6.45, 7) is 0. The molecule has 2 N–H and O–H groups in total. The molecule has 0 saturated heterocycles. The summed E-state index contributed by atoms with van der Waals surface area (Å²) in [6, 6.07) is 0. The van der Waals surface area contributed by atoms with Crippen LogP contribution in [-0.2, 0) is 37.2 Å². The Morgan fingerprint density at radius 3 is 0.750 bits per heavy atom. The molecule has 0 rings (SSSR count). The van der Waals surface area contributed by atoms with Crippen molar-refractivity contribution in [2.24, 2.45) is 0 Å². The van der Waals surface area contributed by atoms with Gasteiger partial charge in [-0.05, 0) is 0 Å². The molecule has 0 aliphatic carbocycles. The molecule has 0 radical (unpaired) electrons. The van der Waals surface area contributed by atoms with Gasteiger partial charge in [-0.1, -0.05) is 0 Å². The van der Waals surface area contributed by atoms with Crippen LogP contribution in [-0.4, -0.2) is 0 Å². The molecule has 0 heterocycles. The third kappa shape index (κ3) is 14.7. The van der Waals surface area contributed by atoms with E-state index >= 15 is 0 Å². The second-order valence-electron chi connectivity index (χ2n) is 0. The smallest absolute Gasteiger partial charge is 2.00 e. The molecule has 0 amide bonds. The monoisotopic (exact) mass is 138 g/mol. The predicted octanol–water partition coefficient (Wildman–Crippen LogP) is 0.477. The van der Waals surface area contributed by atoms with E-state index in [0.29, 0.717) is 0 Å². The van der Waals surface area contributed by atoms with Crippen molar-refractivity contribution in [1.29, 1.82) is 0 Å². The van der Waals surface area contributed by atoms with Gasteiger partial charge in [0, 0.05) is 0 Å². The first-order chi connectivity index (χ1) is 0. The van der Waals surface area contributed by atoms with E-state index in [9.17, 15) is 0 Å². The van der Waals surface area contributed by atoms with E-state index in [1.165, 1.54) is 0 Å². The number of hydrogen-bond acceptors (Lipinski definition) is 0. The third-order valence-corrected chi connectivity index (χ3v) is 0. The summed E-state index contributed by atoms with van der Waals surface area (Å²) >= 11 is 0. The van der Waals surface area contributed by atoms with Crippen molar-refractivity contribution >= 4 is 0 Å². The van der Waals surface area contributed by atoms with Crippen molar-refractivity contribution in [3.63, 3.8) is 0 Å². The maximum atomic E-state index is 0. The molecule has 0 aromatic heterocycles. The Morgan fingerprint density at radius 1 is 0.750 bits per heavy atom. The Kier molecular flexibility index (Phi) is 1430. The van der Waals surface area contributed by atoms with E-state index in [2.05, 4.69) is 0 Å². The van der Waals surface area contributed by atoms with Crippen LogP contribution in [0.15, 0.2) is 0 Å². The first-order valence-electron chi connectivity index (χ1n) is 0. The maximum absolute atomic E-state index is 0. The molecule has 24 valence electrons. The molecule has 0 spiro atoms. The molecule has 0 bridgehead atoms. The average molecular weight is 139 g/mol. The fourth-order valence-corrected chi connectivity index (χ4v) is 0.